The van der Waals surface area contributed by atoms with Gasteiger partial charge in [0.1, 0.15) is 0 Å². The molecule has 3 N–H and O–H groups in total. The van der Waals surface area contributed by atoms with Crippen molar-refractivity contribution in [1.82, 2.24) is 0 Å². The van der Waals surface area contributed by atoms with Gasteiger partial charge in [0.15, 0.2) is 0 Å². The number of halogens is 1. The molecule has 0 aromatic rings. The van der Waals surface area contributed by atoms with Crippen molar-refractivity contribution >= 4 is 17.7 Å². The number of alkyl halides is 1. The summed E-state index contributed by atoms with van der Waals surface area (Å²) in [6.07, 6.45) is 2.40. The maximum Gasteiger partial charge on any atom is 0.402 e. The van der Waals surface area contributed by atoms with E-state index in [9.17, 15) is 0 Å². The number of carbonyl (C=O) groups is 1. The molecule has 62 valence electrons. The van der Waals surface area contributed by atoms with Crippen LogP contribution in [0.5, 0.6) is 0 Å². The van der Waals surface area contributed by atoms with Crippen LogP contribution >= 0.6 is 11.6 Å². The maximum atomic E-state index is 8.78. The minimum absolute atomic E-state index is 0.827. The number of carboxylic acid groups (broad SMARTS) is 1. The highest BCUT2D eigenvalue weighted by molar-refractivity contribution is 6.17. The van der Waals surface area contributed by atoms with Crippen LogP contribution in [0, 0.1) is 0 Å². The Bertz CT molecular complexity index is 70.1. The van der Waals surface area contributed by atoms with Gasteiger partial charge in [-0.25, -0.2) is 4.79 Å². The van der Waals surface area contributed by atoms with Gasteiger partial charge in [-0.1, -0.05) is 19.8 Å². The summed E-state index contributed by atoms with van der Waals surface area (Å²) in [6.45, 7) is 2.17. The van der Waals surface area contributed by atoms with Crippen LogP contribution in [0.2, 0.25) is 0 Å². The molecule has 0 aromatic heterocycles. The second-order valence-corrected chi connectivity index (χ2v) is 2.11. The topological polar surface area (TPSA) is 63.3 Å². The van der Waals surface area contributed by atoms with Crippen LogP contribution in [-0.2, 0) is 0 Å². The monoisotopic (exact) mass is 167 g/mol. The van der Waals surface area contributed by atoms with Gasteiger partial charge >= 0.3 is 6.09 Å². The first-order chi connectivity index (χ1) is 4.65. The molecule has 0 rings (SSSR count). The number of amides is 1. The van der Waals surface area contributed by atoms with Gasteiger partial charge in [0.05, 0.1) is 0 Å². The van der Waals surface area contributed by atoms with Gasteiger partial charge in [-0.3, -0.25) is 0 Å². The molecular weight excluding hydrogens is 154 g/mol. The van der Waals surface area contributed by atoms with Gasteiger partial charge < -0.3 is 10.8 Å². The van der Waals surface area contributed by atoms with Crippen molar-refractivity contribution in [3.05, 3.63) is 0 Å². The molecule has 4 heteroatoms. The smallest absolute Gasteiger partial charge is 0.402 e. The Morgan fingerprint density at radius 1 is 1.60 bits per heavy atom. The molecule has 0 heterocycles. The van der Waals surface area contributed by atoms with Crippen LogP contribution in [0.25, 0.3) is 0 Å². The van der Waals surface area contributed by atoms with Gasteiger partial charge in [0.2, 0.25) is 0 Å². The molecule has 0 aliphatic rings. The fourth-order valence-corrected chi connectivity index (χ4v) is 0.533. The number of rotatable bonds is 3. The van der Waals surface area contributed by atoms with Crippen LogP contribution < -0.4 is 5.73 Å². The van der Waals surface area contributed by atoms with E-state index in [2.05, 4.69) is 12.7 Å². The van der Waals surface area contributed by atoms with E-state index in [0.29, 0.717) is 0 Å². The molecular formula is C6H14ClNO2. The van der Waals surface area contributed by atoms with Crippen LogP contribution in [0.15, 0.2) is 0 Å². The van der Waals surface area contributed by atoms with Gasteiger partial charge in [-0.2, -0.15) is 0 Å². The summed E-state index contributed by atoms with van der Waals surface area (Å²) in [7, 11) is 0. The van der Waals surface area contributed by atoms with E-state index in [1.807, 2.05) is 0 Å². The van der Waals surface area contributed by atoms with E-state index in [4.69, 9.17) is 21.5 Å². The second kappa shape index (κ2) is 11.4. The lowest BCUT2D eigenvalue weighted by Crippen LogP contribution is -2.03. The fraction of sp³-hybridized carbons (Fsp3) is 0.833. The lowest BCUT2D eigenvalue weighted by molar-refractivity contribution is 0.205. The first-order valence-electron chi connectivity index (χ1n) is 3.19. The first kappa shape index (κ1) is 12.3. The number of hydrogen-bond donors (Lipinski definition) is 2. The summed E-state index contributed by atoms with van der Waals surface area (Å²) in [5.74, 6) is 0.827. The quantitative estimate of drug-likeness (QED) is 0.499. The van der Waals surface area contributed by atoms with Crippen LogP contribution in [-0.4, -0.2) is 17.1 Å². The minimum Gasteiger partial charge on any atom is -0.465 e. The van der Waals surface area contributed by atoms with Gasteiger partial charge in [0.25, 0.3) is 0 Å². The van der Waals surface area contributed by atoms with Crippen LogP contribution in [0.3, 0.4) is 0 Å². The molecule has 0 radical (unpaired) electrons. The Morgan fingerprint density at radius 3 is 2.10 bits per heavy atom. The highest BCUT2D eigenvalue weighted by Crippen LogP contribution is 1.93. The molecule has 10 heavy (non-hydrogen) atoms. The third kappa shape index (κ3) is 49.6. The van der Waals surface area contributed by atoms with Crippen molar-refractivity contribution in [2.75, 3.05) is 5.88 Å². The molecule has 0 aromatic carbocycles. The molecule has 0 unspecified atom stereocenters. The maximum absolute atomic E-state index is 8.78. The van der Waals surface area contributed by atoms with Gasteiger partial charge in [0, 0.05) is 5.88 Å². The highest BCUT2D eigenvalue weighted by atomic mass is 35.5. The van der Waals surface area contributed by atoms with E-state index in [1.54, 1.807) is 0 Å². The van der Waals surface area contributed by atoms with Crippen molar-refractivity contribution in [1.29, 1.82) is 0 Å². The van der Waals surface area contributed by atoms with Crippen molar-refractivity contribution in [2.45, 2.75) is 26.2 Å². The number of unbranched alkanes of at least 4 members (excludes halogenated alkanes) is 2. The third-order valence-electron chi connectivity index (χ3n) is 0.737. The largest absolute Gasteiger partial charge is 0.465 e. The molecule has 0 bridgehead atoms. The molecule has 0 saturated carbocycles. The normalized spacial score (nSPS) is 7.80. The number of primary amides is 1. The van der Waals surface area contributed by atoms with Crippen molar-refractivity contribution in [2.24, 2.45) is 5.73 Å². The average Bonchev–Trinajstić information content (AvgIpc) is 1.82. The van der Waals surface area contributed by atoms with Crippen molar-refractivity contribution < 1.29 is 9.90 Å². The molecule has 0 aliphatic heterocycles. The van der Waals surface area contributed by atoms with E-state index >= 15 is 0 Å². The Balaban J connectivity index is 0. The summed E-state index contributed by atoms with van der Waals surface area (Å²) in [4.78, 5) is 8.78. The van der Waals surface area contributed by atoms with E-state index in [1.165, 1.54) is 19.3 Å². The van der Waals surface area contributed by atoms with Crippen molar-refractivity contribution in [3.63, 3.8) is 0 Å². The molecule has 0 atom stereocenters. The predicted octanol–water partition coefficient (Wildman–Crippen LogP) is 2.04. The zero-order valence-electron chi connectivity index (χ0n) is 6.14. The van der Waals surface area contributed by atoms with Crippen LogP contribution in [0.1, 0.15) is 26.2 Å². The molecule has 0 fully saturated rings. The second-order valence-electron chi connectivity index (χ2n) is 1.73. The molecule has 0 spiro atoms. The van der Waals surface area contributed by atoms with E-state index < -0.39 is 6.09 Å². The molecule has 0 aliphatic carbocycles. The lowest BCUT2D eigenvalue weighted by Gasteiger charge is -1.84. The molecule has 3 nitrogen and oxygen atoms in total. The van der Waals surface area contributed by atoms with Gasteiger partial charge in [-0.05, 0) is 6.42 Å². The predicted molar refractivity (Wildman–Crippen MR) is 42.5 cm³/mol. The van der Waals surface area contributed by atoms with E-state index in [0.717, 1.165) is 5.88 Å². The number of hydrogen-bond acceptors (Lipinski definition) is 1. The van der Waals surface area contributed by atoms with E-state index in [-0.39, 0.29) is 0 Å². The third-order valence-corrected chi connectivity index (χ3v) is 1.00. The Kier molecular flexibility index (Phi) is 13.9. The first-order valence-corrected chi connectivity index (χ1v) is 3.73. The summed E-state index contributed by atoms with van der Waals surface area (Å²) >= 11 is 5.38. The molecule has 0 saturated heterocycles. The van der Waals surface area contributed by atoms with Crippen molar-refractivity contribution in [3.8, 4) is 0 Å². The minimum atomic E-state index is -1.33. The summed E-state index contributed by atoms with van der Waals surface area (Å²) < 4.78 is 0. The Hall–Kier alpha value is -0.440. The molecule has 1 amide bonds. The summed E-state index contributed by atoms with van der Waals surface area (Å²) in [6, 6.07) is 0. The standard InChI is InChI=1S/C5H11Cl.CH3NO2/c1-2-3-4-5-6;2-1(3)4/h2-5H2,1H3;2H2,(H,3,4). The zero-order chi connectivity index (χ0) is 8.41. The average molecular weight is 168 g/mol. The highest BCUT2D eigenvalue weighted by Gasteiger charge is 1.76. The fourth-order valence-electron chi connectivity index (χ4n) is 0.344. The van der Waals surface area contributed by atoms with Gasteiger partial charge in [-0.15, -0.1) is 11.6 Å². The Morgan fingerprint density at radius 2 is 2.00 bits per heavy atom. The number of nitrogens with two attached hydrogens (primary N) is 1. The SMILES string of the molecule is CCCCCCl.NC(=O)O. The summed E-state index contributed by atoms with van der Waals surface area (Å²) in [5.41, 5.74) is 4.03. The lowest BCUT2D eigenvalue weighted by atomic mass is 10.3. The van der Waals surface area contributed by atoms with Crippen LogP contribution in [0.4, 0.5) is 4.79 Å². The Labute approximate surface area is 66.2 Å². The zero-order valence-corrected chi connectivity index (χ0v) is 6.90. The summed E-state index contributed by atoms with van der Waals surface area (Å²) in [5, 5.41) is 7.19.